The summed E-state index contributed by atoms with van der Waals surface area (Å²) in [7, 11) is 0. The number of carbonyl (C=O) groups is 2. The van der Waals surface area contributed by atoms with Crippen molar-refractivity contribution >= 4 is 22.9 Å². The predicted molar refractivity (Wildman–Crippen MR) is 105 cm³/mol. The molecule has 2 amide bonds. The average Bonchev–Trinajstić information content (AvgIpc) is 2.94. The zero-order chi connectivity index (χ0) is 20.6. The molecular weight excluding hydrogens is 361 g/mol. The summed E-state index contributed by atoms with van der Waals surface area (Å²) in [6.45, 7) is 9.81. The van der Waals surface area contributed by atoms with Crippen LogP contribution in [0.5, 0.6) is 0 Å². The van der Waals surface area contributed by atoms with Crippen molar-refractivity contribution in [2.75, 3.05) is 13.1 Å². The Morgan fingerprint density at radius 2 is 2.07 bits per heavy atom. The summed E-state index contributed by atoms with van der Waals surface area (Å²) in [5, 5.41) is 3.42. The number of nitrogens with zero attached hydrogens (tertiary/aromatic N) is 1. The molecule has 0 bridgehead atoms. The van der Waals surface area contributed by atoms with Crippen LogP contribution in [0.25, 0.3) is 10.9 Å². The van der Waals surface area contributed by atoms with Gasteiger partial charge in [-0.15, -0.1) is 0 Å². The third-order valence-corrected chi connectivity index (χ3v) is 4.87. The Labute approximate surface area is 164 Å². The summed E-state index contributed by atoms with van der Waals surface area (Å²) < 4.78 is 18.9. The highest BCUT2D eigenvalue weighted by molar-refractivity contribution is 5.87. The van der Waals surface area contributed by atoms with E-state index in [1.165, 1.54) is 6.07 Å². The number of carbonyl (C=O) groups excluding carboxylic acids is 2. The fourth-order valence-electron chi connectivity index (χ4n) is 3.83. The van der Waals surface area contributed by atoms with Gasteiger partial charge >= 0.3 is 6.09 Å². The number of benzene rings is 1. The smallest absolute Gasteiger partial charge is 0.408 e. The molecule has 0 aliphatic carbocycles. The van der Waals surface area contributed by atoms with Gasteiger partial charge in [0.05, 0.1) is 6.04 Å². The first-order valence-corrected chi connectivity index (χ1v) is 9.63. The van der Waals surface area contributed by atoms with Crippen molar-refractivity contribution in [1.82, 2.24) is 15.2 Å². The molecule has 0 saturated heterocycles. The first-order valence-electron chi connectivity index (χ1n) is 9.63. The molecule has 2 aromatic rings. The lowest BCUT2D eigenvalue weighted by molar-refractivity contribution is -0.134. The van der Waals surface area contributed by atoms with Crippen LogP contribution in [0.4, 0.5) is 9.18 Å². The number of nitrogens with one attached hydrogen (secondary N) is 2. The maximum atomic E-state index is 13.7. The van der Waals surface area contributed by atoms with E-state index in [9.17, 15) is 14.0 Å². The molecule has 2 heterocycles. The summed E-state index contributed by atoms with van der Waals surface area (Å²) in [5.74, 6) is -0.280. The summed E-state index contributed by atoms with van der Waals surface area (Å²) in [6.07, 6.45) is 0.0286. The number of aromatic nitrogens is 1. The van der Waals surface area contributed by atoms with Crippen LogP contribution >= 0.6 is 0 Å². The van der Waals surface area contributed by atoms with Crippen LogP contribution in [0.3, 0.4) is 0 Å². The first kappa shape index (κ1) is 20.2. The second-order valence-electron chi connectivity index (χ2n) is 8.59. The number of hydrogen-bond donors (Lipinski definition) is 2. The normalized spacial score (nSPS) is 17.0. The van der Waals surface area contributed by atoms with E-state index in [0.717, 1.165) is 22.2 Å². The number of halogens is 1. The predicted octanol–water partition coefficient (Wildman–Crippen LogP) is 3.91. The quantitative estimate of drug-likeness (QED) is 0.836. The highest BCUT2D eigenvalue weighted by Crippen LogP contribution is 2.38. The Morgan fingerprint density at radius 3 is 2.71 bits per heavy atom. The standard InChI is InChI=1S/C21H28FN3O3/c1-12(2)19-18-14(15-10-13(22)6-7-16(15)24-18)8-9-25(19)17(26)11-23-20(27)28-21(3,4)5/h6-7,10,12,19,24H,8-9,11H2,1-5H3,(H,23,27). The van der Waals surface area contributed by atoms with Crippen LogP contribution in [0, 0.1) is 11.7 Å². The van der Waals surface area contributed by atoms with Crippen molar-refractivity contribution in [1.29, 1.82) is 0 Å². The molecule has 3 rings (SSSR count). The molecule has 1 unspecified atom stereocenters. The third kappa shape index (κ3) is 4.13. The minimum absolute atomic E-state index is 0.123. The number of alkyl carbamates (subject to hydrolysis) is 1. The minimum atomic E-state index is -0.618. The van der Waals surface area contributed by atoms with Gasteiger partial charge in [0.1, 0.15) is 18.0 Å². The largest absolute Gasteiger partial charge is 0.444 e. The van der Waals surface area contributed by atoms with Crippen LogP contribution < -0.4 is 5.32 Å². The van der Waals surface area contributed by atoms with E-state index in [4.69, 9.17) is 4.74 Å². The number of aromatic amines is 1. The summed E-state index contributed by atoms with van der Waals surface area (Å²) in [4.78, 5) is 29.9. The molecule has 1 aromatic heterocycles. The van der Waals surface area contributed by atoms with E-state index in [-0.39, 0.29) is 30.2 Å². The van der Waals surface area contributed by atoms with Crippen molar-refractivity contribution in [2.24, 2.45) is 5.92 Å². The molecule has 0 saturated carbocycles. The van der Waals surface area contributed by atoms with E-state index in [1.54, 1.807) is 37.8 Å². The van der Waals surface area contributed by atoms with Crippen molar-refractivity contribution < 1.29 is 18.7 Å². The van der Waals surface area contributed by atoms with Crippen LogP contribution in [-0.2, 0) is 16.0 Å². The number of hydrogen-bond acceptors (Lipinski definition) is 3. The van der Waals surface area contributed by atoms with Crippen LogP contribution in [0.15, 0.2) is 18.2 Å². The Balaban J connectivity index is 1.80. The number of amides is 2. The molecule has 2 N–H and O–H groups in total. The van der Waals surface area contributed by atoms with Crippen LogP contribution in [-0.4, -0.2) is 40.6 Å². The number of fused-ring (bicyclic) bond motifs is 3. The zero-order valence-electron chi connectivity index (χ0n) is 17.1. The van der Waals surface area contributed by atoms with Gasteiger partial charge in [0.15, 0.2) is 0 Å². The zero-order valence-corrected chi connectivity index (χ0v) is 17.1. The molecular formula is C21H28FN3O3. The lowest BCUT2D eigenvalue weighted by Crippen LogP contribution is -2.47. The van der Waals surface area contributed by atoms with Gasteiger partial charge in [-0.3, -0.25) is 4.79 Å². The monoisotopic (exact) mass is 389 g/mol. The highest BCUT2D eigenvalue weighted by Gasteiger charge is 2.35. The molecule has 28 heavy (non-hydrogen) atoms. The Morgan fingerprint density at radius 1 is 1.36 bits per heavy atom. The molecule has 1 aliphatic rings. The number of H-pyrrole nitrogens is 1. The van der Waals surface area contributed by atoms with Gasteiger partial charge in [-0.1, -0.05) is 13.8 Å². The van der Waals surface area contributed by atoms with Gasteiger partial charge in [0, 0.05) is 23.1 Å². The van der Waals surface area contributed by atoms with Crippen molar-refractivity contribution in [3.63, 3.8) is 0 Å². The number of ether oxygens (including phenoxy) is 1. The molecule has 0 spiro atoms. The highest BCUT2D eigenvalue weighted by atomic mass is 19.1. The van der Waals surface area contributed by atoms with Crippen LogP contribution in [0.1, 0.15) is 51.9 Å². The molecule has 1 aliphatic heterocycles. The second-order valence-corrected chi connectivity index (χ2v) is 8.59. The Hall–Kier alpha value is -2.57. The maximum absolute atomic E-state index is 13.7. The first-order chi connectivity index (χ1) is 13.1. The molecule has 0 radical (unpaired) electrons. The summed E-state index contributed by atoms with van der Waals surface area (Å²) in [5.41, 5.74) is 2.27. The van der Waals surface area contributed by atoms with E-state index in [1.807, 2.05) is 13.8 Å². The van der Waals surface area contributed by atoms with Gasteiger partial charge in [0.25, 0.3) is 0 Å². The Kier molecular flexibility index (Phi) is 5.37. The van der Waals surface area contributed by atoms with Gasteiger partial charge in [0.2, 0.25) is 5.91 Å². The van der Waals surface area contributed by atoms with Gasteiger partial charge in [-0.2, -0.15) is 0 Å². The van der Waals surface area contributed by atoms with E-state index in [0.29, 0.717) is 13.0 Å². The second kappa shape index (κ2) is 7.45. The SMILES string of the molecule is CC(C)C1c2[nH]c3ccc(F)cc3c2CCN1C(=O)CNC(=O)OC(C)(C)C. The van der Waals surface area contributed by atoms with E-state index in [2.05, 4.69) is 10.3 Å². The lowest BCUT2D eigenvalue weighted by atomic mass is 9.90. The van der Waals surface area contributed by atoms with Gasteiger partial charge < -0.3 is 19.9 Å². The van der Waals surface area contributed by atoms with Gasteiger partial charge in [-0.05, 0) is 56.9 Å². The van der Waals surface area contributed by atoms with E-state index >= 15 is 0 Å². The van der Waals surface area contributed by atoms with Crippen molar-refractivity contribution in [3.8, 4) is 0 Å². The summed E-state index contributed by atoms with van der Waals surface area (Å²) in [6, 6.07) is 4.55. The van der Waals surface area contributed by atoms with Crippen molar-refractivity contribution in [3.05, 3.63) is 35.3 Å². The fourth-order valence-corrected chi connectivity index (χ4v) is 3.83. The Bertz CT molecular complexity index is 898. The minimum Gasteiger partial charge on any atom is -0.444 e. The molecule has 152 valence electrons. The van der Waals surface area contributed by atoms with Crippen LogP contribution in [0.2, 0.25) is 0 Å². The maximum Gasteiger partial charge on any atom is 0.408 e. The van der Waals surface area contributed by atoms with Crippen molar-refractivity contribution in [2.45, 2.75) is 52.7 Å². The molecule has 1 atom stereocenters. The third-order valence-electron chi connectivity index (χ3n) is 4.87. The molecule has 0 fully saturated rings. The van der Waals surface area contributed by atoms with Gasteiger partial charge in [-0.25, -0.2) is 9.18 Å². The molecule has 1 aromatic carbocycles. The lowest BCUT2D eigenvalue weighted by Gasteiger charge is -2.38. The fraction of sp³-hybridized carbons (Fsp3) is 0.524. The number of rotatable bonds is 3. The van der Waals surface area contributed by atoms with E-state index < -0.39 is 11.7 Å². The summed E-state index contributed by atoms with van der Waals surface area (Å²) >= 11 is 0. The molecule has 6 nitrogen and oxygen atoms in total. The molecule has 7 heteroatoms. The topological polar surface area (TPSA) is 74.4 Å². The average molecular weight is 389 g/mol.